The largest absolute Gasteiger partial charge is 0.453 e. The van der Waals surface area contributed by atoms with Crippen LogP contribution in [0.1, 0.15) is 29.0 Å². The average molecular weight is 484 g/mol. The first-order valence-corrected chi connectivity index (χ1v) is 13.5. The van der Waals surface area contributed by atoms with Gasteiger partial charge in [-0.3, -0.25) is 0 Å². The molecule has 6 rings (SSSR count). The lowest BCUT2D eigenvalue weighted by molar-refractivity contribution is -0.946. The van der Waals surface area contributed by atoms with E-state index < -0.39 is 11.6 Å². The number of quaternary nitrogens is 1. The van der Waals surface area contributed by atoms with E-state index >= 15 is 0 Å². The molecular weight excluding hydrogens is 452 g/mol. The molecule has 0 aliphatic carbocycles. The molecule has 0 spiro atoms. The quantitative estimate of drug-likeness (QED) is 0.263. The molecule has 2 aromatic heterocycles. The fourth-order valence-corrected chi connectivity index (χ4v) is 7.10. The number of aliphatic hydroxyl groups is 1. The molecule has 3 aliphatic heterocycles. The Bertz CT molecular complexity index is 995. The summed E-state index contributed by atoms with van der Waals surface area (Å²) in [5.74, 6) is -0.137. The lowest BCUT2D eigenvalue weighted by atomic mass is 9.83. The van der Waals surface area contributed by atoms with Gasteiger partial charge in [0.15, 0.2) is 6.10 Å². The number of fused-ring (bicyclic) bond motifs is 3. The topological polar surface area (TPSA) is 58.6 Å². The van der Waals surface area contributed by atoms with Crippen LogP contribution in [0.2, 0.25) is 0 Å². The number of para-hydroxylation sites is 1. The maximum Gasteiger partial charge on any atom is 0.349 e. The average Bonchev–Trinajstić information content (AvgIpc) is 3.58. The van der Waals surface area contributed by atoms with Crippen molar-refractivity contribution < 1.29 is 19.1 Å². The van der Waals surface area contributed by atoms with Crippen molar-refractivity contribution in [2.45, 2.75) is 31.0 Å². The predicted octanol–water partition coefficient (Wildman–Crippen LogP) is 4.70. The Balaban J connectivity index is 1.24. The van der Waals surface area contributed by atoms with Crippen LogP contribution >= 0.6 is 22.7 Å². The Morgan fingerprint density at radius 2 is 1.70 bits per heavy atom. The van der Waals surface area contributed by atoms with E-state index in [9.17, 15) is 9.90 Å². The molecular formula is C26H31N2O3S2+. The molecule has 7 heteroatoms. The van der Waals surface area contributed by atoms with E-state index in [1.807, 2.05) is 53.2 Å². The number of ether oxygens (including phenoxy) is 1. The number of benzene rings is 1. The zero-order valence-corrected chi connectivity index (χ0v) is 20.3. The molecule has 33 heavy (non-hydrogen) atoms. The number of piperidine rings is 3. The highest BCUT2D eigenvalue weighted by molar-refractivity contribution is 7.12. The SMILES string of the molecule is O=C(O[C@H]1C[N+]2(CCCNc3ccccc3)CCC1CC2)C(O)(c1cccs1)c1cccs1. The summed E-state index contributed by atoms with van der Waals surface area (Å²) in [6.45, 7) is 5.19. The van der Waals surface area contributed by atoms with Crippen LogP contribution in [0.25, 0.3) is 0 Å². The van der Waals surface area contributed by atoms with Crippen molar-refractivity contribution in [2.75, 3.05) is 38.0 Å². The Kier molecular flexibility index (Phi) is 6.56. The summed E-state index contributed by atoms with van der Waals surface area (Å²) in [6.07, 6.45) is 3.11. The minimum Gasteiger partial charge on any atom is -0.453 e. The van der Waals surface area contributed by atoms with E-state index in [1.54, 1.807) is 0 Å². The normalized spacial score (nSPS) is 24.5. The minimum atomic E-state index is -1.72. The van der Waals surface area contributed by atoms with E-state index in [1.165, 1.54) is 22.7 Å². The number of hydrogen-bond acceptors (Lipinski definition) is 6. The van der Waals surface area contributed by atoms with Gasteiger partial charge in [-0.25, -0.2) is 4.79 Å². The first kappa shape index (κ1) is 22.6. The van der Waals surface area contributed by atoms with Gasteiger partial charge in [0, 0.05) is 37.4 Å². The molecule has 2 N–H and O–H groups in total. The maximum atomic E-state index is 13.5. The molecule has 5 nitrogen and oxygen atoms in total. The molecule has 3 aliphatic rings. The van der Waals surface area contributed by atoms with E-state index in [4.69, 9.17) is 4.74 Å². The second-order valence-corrected chi connectivity index (χ2v) is 11.2. The number of hydrogen-bond donors (Lipinski definition) is 2. The number of rotatable bonds is 9. The fourth-order valence-electron chi connectivity index (χ4n) is 5.39. The van der Waals surface area contributed by atoms with Gasteiger partial charge in [0.1, 0.15) is 6.54 Å². The first-order chi connectivity index (χ1) is 16.1. The highest BCUT2D eigenvalue weighted by atomic mass is 32.1. The van der Waals surface area contributed by atoms with Crippen molar-refractivity contribution >= 4 is 34.3 Å². The standard InChI is InChI=1S/C26H31N2O3S2/c29-25(26(30,23-9-4-17-32-23)24-10-5-18-33-24)31-22-19-28(15-11-20(22)12-16-28)14-6-13-27-21-7-2-1-3-8-21/h1-5,7-10,17-18,20,22,27,30H,6,11-16,19H2/q+1/t20?,22-,28?/m0/s1. The molecule has 3 aromatic rings. The molecule has 3 fully saturated rings. The van der Waals surface area contributed by atoms with Gasteiger partial charge in [-0.15, -0.1) is 22.7 Å². The predicted molar refractivity (Wildman–Crippen MR) is 134 cm³/mol. The van der Waals surface area contributed by atoms with Gasteiger partial charge < -0.3 is 19.6 Å². The van der Waals surface area contributed by atoms with Crippen LogP contribution in [0.15, 0.2) is 65.4 Å². The van der Waals surface area contributed by atoms with E-state index in [0.717, 1.165) is 62.2 Å². The van der Waals surface area contributed by atoms with Crippen molar-refractivity contribution in [1.29, 1.82) is 0 Å². The van der Waals surface area contributed by atoms with Crippen LogP contribution in [-0.4, -0.2) is 54.4 Å². The van der Waals surface area contributed by atoms with E-state index in [2.05, 4.69) is 17.4 Å². The third kappa shape index (κ3) is 4.60. The number of esters is 1. The lowest BCUT2D eigenvalue weighted by Crippen LogP contribution is -2.65. The molecule has 174 valence electrons. The second-order valence-electron chi connectivity index (χ2n) is 9.29. The zero-order chi connectivity index (χ0) is 22.7. The highest BCUT2D eigenvalue weighted by Crippen LogP contribution is 2.40. The number of nitrogens with one attached hydrogen (secondary N) is 1. The van der Waals surface area contributed by atoms with Gasteiger partial charge >= 0.3 is 5.97 Å². The van der Waals surface area contributed by atoms with Gasteiger partial charge in [0.25, 0.3) is 0 Å². The third-order valence-electron chi connectivity index (χ3n) is 7.26. The Morgan fingerprint density at radius 1 is 1.03 bits per heavy atom. The summed E-state index contributed by atoms with van der Waals surface area (Å²) in [4.78, 5) is 14.7. The Labute approximate surface area is 203 Å². The summed E-state index contributed by atoms with van der Waals surface area (Å²) in [6, 6.07) is 17.7. The van der Waals surface area contributed by atoms with Gasteiger partial charge in [0.2, 0.25) is 5.60 Å². The zero-order valence-electron chi connectivity index (χ0n) is 18.7. The van der Waals surface area contributed by atoms with E-state index in [0.29, 0.717) is 15.7 Å². The monoisotopic (exact) mass is 483 g/mol. The number of carbonyl (C=O) groups excluding carboxylic acids is 1. The number of thiophene rings is 2. The van der Waals surface area contributed by atoms with Crippen LogP contribution in [0, 0.1) is 5.92 Å². The van der Waals surface area contributed by atoms with Gasteiger partial charge in [-0.1, -0.05) is 30.3 Å². The van der Waals surface area contributed by atoms with Crippen LogP contribution < -0.4 is 5.32 Å². The van der Waals surface area contributed by atoms with Crippen molar-refractivity contribution in [2.24, 2.45) is 5.92 Å². The molecule has 1 aromatic carbocycles. The summed E-state index contributed by atoms with van der Waals surface area (Å²) in [5.41, 5.74) is -0.568. The smallest absolute Gasteiger partial charge is 0.349 e. The third-order valence-corrected chi connectivity index (χ3v) is 9.22. The van der Waals surface area contributed by atoms with Crippen LogP contribution in [-0.2, 0) is 15.1 Å². The lowest BCUT2D eigenvalue weighted by Gasteiger charge is -2.52. The van der Waals surface area contributed by atoms with Crippen molar-refractivity contribution in [3.63, 3.8) is 0 Å². The summed E-state index contributed by atoms with van der Waals surface area (Å²) >= 11 is 2.78. The summed E-state index contributed by atoms with van der Waals surface area (Å²) in [5, 5.41) is 18.9. The summed E-state index contributed by atoms with van der Waals surface area (Å²) < 4.78 is 7.15. The van der Waals surface area contributed by atoms with E-state index in [-0.39, 0.29) is 6.10 Å². The van der Waals surface area contributed by atoms with Crippen LogP contribution in [0.5, 0.6) is 0 Å². The molecule has 0 amide bonds. The Hall–Kier alpha value is -2.19. The summed E-state index contributed by atoms with van der Waals surface area (Å²) in [7, 11) is 0. The minimum absolute atomic E-state index is 0.131. The molecule has 0 unspecified atom stereocenters. The molecule has 1 atom stereocenters. The van der Waals surface area contributed by atoms with Gasteiger partial charge in [-0.2, -0.15) is 0 Å². The highest BCUT2D eigenvalue weighted by Gasteiger charge is 2.51. The van der Waals surface area contributed by atoms with Crippen molar-refractivity contribution in [1.82, 2.24) is 0 Å². The molecule has 2 bridgehead atoms. The first-order valence-electron chi connectivity index (χ1n) is 11.7. The molecule has 3 saturated heterocycles. The Morgan fingerprint density at radius 3 is 2.30 bits per heavy atom. The van der Waals surface area contributed by atoms with Crippen molar-refractivity contribution in [3.05, 3.63) is 75.1 Å². The molecule has 0 saturated carbocycles. The van der Waals surface area contributed by atoms with Crippen molar-refractivity contribution in [3.8, 4) is 0 Å². The number of carbonyl (C=O) groups is 1. The fraction of sp³-hybridized carbons (Fsp3) is 0.423. The number of nitrogens with zero attached hydrogens (tertiary/aromatic N) is 1. The second kappa shape index (κ2) is 9.58. The molecule has 5 heterocycles. The number of anilines is 1. The van der Waals surface area contributed by atoms with Crippen LogP contribution in [0.4, 0.5) is 5.69 Å². The maximum absolute atomic E-state index is 13.5. The molecule has 0 radical (unpaired) electrons. The van der Waals surface area contributed by atoms with Gasteiger partial charge in [0.05, 0.1) is 29.4 Å². The van der Waals surface area contributed by atoms with Gasteiger partial charge in [-0.05, 0) is 35.0 Å². The van der Waals surface area contributed by atoms with Crippen LogP contribution in [0.3, 0.4) is 0 Å².